The molecule has 3 N–H and O–H groups in total. The maximum Gasteiger partial charge on any atom is 0.337 e. The molecule has 0 fully saturated rings. The van der Waals surface area contributed by atoms with E-state index in [2.05, 4.69) is 0 Å². The summed E-state index contributed by atoms with van der Waals surface area (Å²) in [6, 6.07) is 3.91. The van der Waals surface area contributed by atoms with Gasteiger partial charge in [-0.15, -0.1) is 0 Å². The number of benzene rings is 2. The monoisotopic (exact) mass is 474 g/mol. The molecule has 0 aliphatic rings. The molecule has 12 heteroatoms. The molecule has 2 aromatic carbocycles. The highest BCUT2D eigenvalue weighted by molar-refractivity contribution is 14.1. The van der Waals surface area contributed by atoms with Gasteiger partial charge in [-0.3, -0.25) is 12.2 Å². The summed E-state index contributed by atoms with van der Waals surface area (Å²) in [5.74, 6) is -1.65. The van der Waals surface area contributed by atoms with Gasteiger partial charge in [-0.2, -0.15) is 16.8 Å². The summed E-state index contributed by atoms with van der Waals surface area (Å²) in [5.41, 5.74) is -0.705. The van der Waals surface area contributed by atoms with Gasteiger partial charge in [0.1, 0.15) is 9.79 Å². The van der Waals surface area contributed by atoms with Crippen molar-refractivity contribution in [2.45, 2.75) is 9.79 Å². The molecule has 124 valence electrons. The van der Waals surface area contributed by atoms with Crippen molar-refractivity contribution in [2.75, 3.05) is 0 Å². The molecular weight excluding hydrogens is 467 g/mol. The van der Waals surface area contributed by atoms with Crippen molar-refractivity contribution in [1.82, 2.24) is 0 Å². The van der Waals surface area contributed by atoms with Gasteiger partial charge in [0.15, 0.2) is 21.2 Å². The summed E-state index contributed by atoms with van der Waals surface area (Å²) in [5, 5.41) is 8.61. The summed E-state index contributed by atoms with van der Waals surface area (Å²) in [7, 11) is -9.76. The van der Waals surface area contributed by atoms with Crippen LogP contribution < -0.4 is 0 Å². The Morgan fingerprint density at radius 3 is 1.96 bits per heavy atom. The fourth-order valence-corrected chi connectivity index (χ4v) is 5.50. The number of hydrogen-bond acceptors (Lipinski definition) is 6. The summed E-state index contributed by atoms with van der Waals surface area (Å²) >= 11 is -2.33. The predicted molar refractivity (Wildman–Crippen MR) is 83.9 cm³/mol. The van der Waals surface area contributed by atoms with E-state index in [1.165, 1.54) is 6.07 Å². The Kier molecular flexibility index (Phi) is 4.55. The van der Waals surface area contributed by atoms with Crippen LogP contribution in [0.4, 0.5) is 0 Å². The summed E-state index contributed by atoms with van der Waals surface area (Å²) < 4.78 is 74.8. The van der Waals surface area contributed by atoms with Gasteiger partial charge in [0, 0.05) is 5.39 Å². The van der Waals surface area contributed by atoms with E-state index in [4.69, 9.17) is 0 Å². The van der Waals surface area contributed by atoms with Gasteiger partial charge in [-0.25, -0.2) is 4.79 Å². The molecule has 0 aromatic heterocycles. The molecule has 0 radical (unpaired) electrons. The number of carboxylic acids is 1. The highest BCUT2D eigenvalue weighted by atomic mass is 127. The molecule has 23 heavy (non-hydrogen) atoms. The van der Waals surface area contributed by atoms with Crippen molar-refractivity contribution in [1.29, 1.82) is 0 Å². The lowest BCUT2D eigenvalue weighted by Gasteiger charge is -2.11. The van der Waals surface area contributed by atoms with Gasteiger partial charge >= 0.3 is 5.97 Å². The van der Waals surface area contributed by atoms with Crippen molar-refractivity contribution in [3.05, 3.63) is 33.4 Å². The molecule has 0 saturated heterocycles. The van der Waals surface area contributed by atoms with Crippen LogP contribution in [0.2, 0.25) is 0 Å². The maximum atomic E-state index is 11.4. The Balaban J connectivity index is 3.24. The second kappa shape index (κ2) is 5.86. The van der Waals surface area contributed by atoms with Gasteiger partial charge in [0.25, 0.3) is 20.2 Å². The smallest absolute Gasteiger partial charge is 0.337 e. The Morgan fingerprint density at radius 2 is 1.52 bits per heavy atom. The number of fused-ring (bicyclic) bond motifs is 1. The lowest BCUT2D eigenvalue weighted by atomic mass is 10.0. The van der Waals surface area contributed by atoms with Crippen molar-refractivity contribution in [3.63, 3.8) is 0 Å². The molecule has 0 unspecified atom stereocenters. The Labute approximate surface area is 140 Å². The first-order chi connectivity index (χ1) is 10.5. The molecule has 2 rings (SSSR count). The van der Waals surface area contributed by atoms with Crippen LogP contribution in [-0.2, 0) is 23.3 Å². The van der Waals surface area contributed by atoms with E-state index in [9.17, 15) is 38.9 Å². The van der Waals surface area contributed by atoms with Gasteiger partial charge in [-0.05, 0) is 17.5 Å². The van der Waals surface area contributed by atoms with Crippen LogP contribution in [0.3, 0.4) is 0 Å². The fraction of sp³-hybridized carbons (Fsp3) is 0. The molecule has 0 saturated carbocycles. The highest BCUT2D eigenvalue weighted by Gasteiger charge is 2.28. The number of carboxylic acid groups (broad SMARTS) is 1. The topological polar surface area (TPSA) is 163 Å². The van der Waals surface area contributed by atoms with E-state index in [0.29, 0.717) is 6.07 Å². The van der Waals surface area contributed by atoms with E-state index in [1.807, 2.05) is 0 Å². The Hall–Kier alpha value is -1.48. The number of aromatic carboxylic acids is 1. The molecule has 2 aromatic rings. The van der Waals surface area contributed by atoms with Crippen LogP contribution in [0.15, 0.2) is 34.1 Å². The zero-order valence-corrected chi connectivity index (χ0v) is 14.6. The third-order valence-electron chi connectivity index (χ3n) is 2.89. The second-order valence-electron chi connectivity index (χ2n) is 4.25. The first-order valence-electron chi connectivity index (χ1n) is 5.53. The minimum absolute atomic E-state index is 0.231. The van der Waals surface area contributed by atoms with Gasteiger partial charge in [0.05, 0.1) is 9.13 Å². The van der Waals surface area contributed by atoms with Crippen LogP contribution in [0.25, 0.3) is 10.8 Å². The first-order valence-corrected chi connectivity index (χ1v) is 10.4. The fourth-order valence-electron chi connectivity index (χ4n) is 2.05. The van der Waals surface area contributed by atoms with Crippen molar-refractivity contribution < 1.29 is 38.9 Å². The molecule has 0 spiro atoms. The van der Waals surface area contributed by atoms with Crippen LogP contribution in [-0.4, -0.2) is 37.0 Å². The average molecular weight is 474 g/mol. The molecule has 0 heterocycles. The Morgan fingerprint density at radius 1 is 0.957 bits per heavy atom. The molecular formula is C11H7IO9S2. The molecule has 0 atom stereocenters. The Bertz CT molecular complexity index is 1050. The normalized spacial score (nSPS) is 12.4. The average Bonchev–Trinajstić information content (AvgIpc) is 2.41. The van der Waals surface area contributed by atoms with E-state index < -0.39 is 71.7 Å². The predicted octanol–water partition coefficient (Wildman–Crippen LogP) is 1.52. The van der Waals surface area contributed by atoms with E-state index in [-0.39, 0.29) is 5.39 Å². The van der Waals surface area contributed by atoms with E-state index >= 15 is 0 Å². The lowest BCUT2D eigenvalue weighted by molar-refractivity contribution is 0.0697. The maximum absolute atomic E-state index is 11.4. The number of rotatable bonds is 4. The van der Waals surface area contributed by atoms with Crippen LogP contribution in [0.1, 0.15) is 10.4 Å². The minimum atomic E-state index is -4.97. The van der Waals surface area contributed by atoms with E-state index in [1.54, 1.807) is 0 Å². The molecule has 0 aliphatic carbocycles. The summed E-state index contributed by atoms with van der Waals surface area (Å²) in [6.45, 7) is 0. The standard InChI is InChI=1S/C11H7IO9S2/c13-11(14)9-5-2-1-3-7(22(16,17)18)6(5)4-8(10(9)12-15)23(19,20)21/h1-4H,(H,13,14)(H,16,17,18)(H,19,20,21). The lowest BCUT2D eigenvalue weighted by Crippen LogP contribution is -2.10. The molecule has 0 amide bonds. The number of hydrogen-bond donors (Lipinski definition) is 3. The first kappa shape index (κ1) is 17.9. The second-order valence-corrected chi connectivity index (χ2v) is 8.55. The zero-order valence-electron chi connectivity index (χ0n) is 10.8. The summed E-state index contributed by atoms with van der Waals surface area (Å²) in [4.78, 5) is 9.72. The SMILES string of the molecule is O=Ic1c(S(=O)(=O)O)cc2c(S(=O)(=O)O)cccc2c1C(=O)O. The van der Waals surface area contributed by atoms with Crippen LogP contribution in [0.5, 0.6) is 0 Å². The van der Waals surface area contributed by atoms with Crippen molar-refractivity contribution >= 4 is 58.2 Å². The summed E-state index contributed by atoms with van der Waals surface area (Å²) in [6.07, 6.45) is 0. The van der Waals surface area contributed by atoms with Crippen molar-refractivity contribution in [3.8, 4) is 0 Å². The van der Waals surface area contributed by atoms with Crippen LogP contribution in [0, 0.1) is 3.57 Å². The number of halogens is 1. The molecule has 9 nitrogen and oxygen atoms in total. The zero-order chi connectivity index (χ0) is 17.6. The van der Waals surface area contributed by atoms with E-state index in [0.717, 1.165) is 12.1 Å². The van der Waals surface area contributed by atoms with Gasteiger partial charge in [-0.1, -0.05) is 12.1 Å². The quantitative estimate of drug-likeness (QED) is 0.440. The van der Waals surface area contributed by atoms with Crippen LogP contribution >= 0.6 is 21.2 Å². The van der Waals surface area contributed by atoms with Crippen molar-refractivity contribution in [2.24, 2.45) is 0 Å². The number of carbonyl (C=O) groups is 1. The molecule has 0 aliphatic heterocycles. The molecule has 0 bridgehead atoms. The third-order valence-corrected chi connectivity index (χ3v) is 6.61. The minimum Gasteiger partial charge on any atom is -0.478 e. The third kappa shape index (κ3) is 3.25. The van der Waals surface area contributed by atoms with Gasteiger partial charge < -0.3 is 5.11 Å². The van der Waals surface area contributed by atoms with Gasteiger partial charge in [0.2, 0.25) is 0 Å². The largest absolute Gasteiger partial charge is 0.478 e. The highest BCUT2D eigenvalue weighted by Crippen LogP contribution is 2.35.